The van der Waals surface area contributed by atoms with Gasteiger partial charge in [0.1, 0.15) is 0 Å². The fourth-order valence-corrected chi connectivity index (χ4v) is 4.63. The van der Waals surface area contributed by atoms with E-state index < -0.39 is 11.4 Å². The number of carbonyl (C=O) groups excluding carboxylic acids is 1. The summed E-state index contributed by atoms with van der Waals surface area (Å²) in [6.45, 7) is 6.94. The van der Waals surface area contributed by atoms with E-state index in [1.54, 1.807) is 28.3 Å². The first-order chi connectivity index (χ1) is 18.3. The molecule has 0 radical (unpaired) electrons. The van der Waals surface area contributed by atoms with Crippen LogP contribution < -0.4 is 18.9 Å². The van der Waals surface area contributed by atoms with Crippen LogP contribution in [0.4, 0.5) is 0 Å². The molecule has 0 spiro atoms. The van der Waals surface area contributed by atoms with Crippen LogP contribution in [0.5, 0.6) is 23.0 Å². The Balaban J connectivity index is 2.10. The van der Waals surface area contributed by atoms with Crippen molar-refractivity contribution in [3.8, 4) is 29.1 Å². The van der Waals surface area contributed by atoms with Crippen molar-refractivity contribution >= 4 is 5.97 Å². The highest BCUT2D eigenvalue weighted by molar-refractivity contribution is 5.71. The Hall–Kier alpha value is -3.44. The highest BCUT2D eigenvalue weighted by Gasteiger charge is 2.32. The molecule has 0 fully saturated rings. The second-order valence-corrected chi connectivity index (χ2v) is 9.28. The molecule has 0 heterocycles. The monoisotopic (exact) mass is 526 g/mol. The van der Waals surface area contributed by atoms with Crippen molar-refractivity contribution in [3.63, 3.8) is 0 Å². The fraction of sp³-hybridized carbons (Fsp3) is 0.533. The topological polar surface area (TPSA) is 90.3 Å². The molecule has 0 aromatic heterocycles. The summed E-state index contributed by atoms with van der Waals surface area (Å²) >= 11 is 0. The molecule has 0 N–H and O–H groups in total. The van der Waals surface area contributed by atoms with Crippen LogP contribution in [-0.2, 0) is 14.9 Å². The highest BCUT2D eigenvalue weighted by Crippen LogP contribution is 2.39. The number of ether oxygens (including phenoxy) is 5. The SMILES string of the molecule is CCCC(C#N)(CCCN(C)C(C)c1ccc(OCC(=O)OCC)c(OC)c1)c1ccc(OC)c(OC)c1. The van der Waals surface area contributed by atoms with Crippen LogP contribution in [0.15, 0.2) is 36.4 Å². The standard InChI is InChI=1S/C30H42N2O6/c1-8-15-30(21-31,24-12-14-25(34-5)28(19-24)36-7)16-10-17-32(4)22(3)23-11-13-26(27(18-23)35-6)38-20-29(33)37-9-2/h11-14,18-19,22H,8-10,15-17,20H2,1-7H3. The van der Waals surface area contributed by atoms with Crippen molar-refractivity contribution in [3.05, 3.63) is 47.5 Å². The first kappa shape index (κ1) is 30.8. The Morgan fingerprint density at radius 1 is 0.974 bits per heavy atom. The van der Waals surface area contributed by atoms with Crippen molar-refractivity contribution in [1.29, 1.82) is 5.26 Å². The van der Waals surface area contributed by atoms with E-state index >= 15 is 0 Å². The van der Waals surface area contributed by atoms with E-state index in [2.05, 4.69) is 31.9 Å². The van der Waals surface area contributed by atoms with Crippen LogP contribution in [0.3, 0.4) is 0 Å². The fourth-order valence-electron chi connectivity index (χ4n) is 4.63. The molecule has 0 saturated heterocycles. The van der Waals surface area contributed by atoms with E-state index in [4.69, 9.17) is 23.7 Å². The Morgan fingerprint density at radius 2 is 1.63 bits per heavy atom. The average molecular weight is 527 g/mol. The van der Waals surface area contributed by atoms with Gasteiger partial charge in [-0.3, -0.25) is 4.90 Å². The third-order valence-corrected chi connectivity index (χ3v) is 6.92. The molecule has 0 aliphatic carbocycles. The summed E-state index contributed by atoms with van der Waals surface area (Å²) in [6, 6.07) is 14.2. The van der Waals surface area contributed by atoms with E-state index in [1.807, 2.05) is 36.4 Å². The van der Waals surface area contributed by atoms with Crippen LogP contribution in [0, 0.1) is 11.3 Å². The van der Waals surface area contributed by atoms with E-state index in [1.165, 1.54) is 0 Å². The van der Waals surface area contributed by atoms with Gasteiger partial charge in [-0.25, -0.2) is 4.79 Å². The van der Waals surface area contributed by atoms with Crippen molar-refractivity contribution < 1.29 is 28.5 Å². The number of hydrogen-bond acceptors (Lipinski definition) is 8. The summed E-state index contributed by atoms with van der Waals surface area (Å²) in [7, 11) is 6.87. The van der Waals surface area contributed by atoms with Gasteiger partial charge in [0.05, 0.1) is 39.4 Å². The second-order valence-electron chi connectivity index (χ2n) is 9.28. The number of nitrogens with zero attached hydrogens (tertiary/aromatic N) is 2. The van der Waals surface area contributed by atoms with E-state index in [9.17, 15) is 10.1 Å². The lowest BCUT2D eigenvalue weighted by molar-refractivity contribution is -0.145. The lowest BCUT2D eigenvalue weighted by Crippen LogP contribution is -2.28. The molecule has 2 aromatic carbocycles. The number of nitriles is 1. The first-order valence-corrected chi connectivity index (χ1v) is 13.1. The Kier molecular flexibility index (Phi) is 12.2. The van der Waals surface area contributed by atoms with Gasteiger partial charge in [0.25, 0.3) is 0 Å². The smallest absolute Gasteiger partial charge is 0.344 e. The maximum atomic E-state index is 11.6. The van der Waals surface area contributed by atoms with Gasteiger partial charge >= 0.3 is 5.97 Å². The van der Waals surface area contributed by atoms with E-state index in [0.717, 1.165) is 43.4 Å². The molecule has 2 rings (SSSR count). The normalized spacial score (nSPS) is 13.2. The number of methoxy groups -OCH3 is 3. The van der Waals surface area contributed by atoms with E-state index in [0.29, 0.717) is 29.6 Å². The Labute approximate surface area is 227 Å². The molecule has 0 amide bonds. The third-order valence-electron chi connectivity index (χ3n) is 6.92. The molecule has 0 bridgehead atoms. The quantitative estimate of drug-likeness (QED) is 0.258. The highest BCUT2D eigenvalue weighted by atomic mass is 16.6. The van der Waals surface area contributed by atoms with Gasteiger partial charge < -0.3 is 23.7 Å². The van der Waals surface area contributed by atoms with Gasteiger partial charge in [0.2, 0.25) is 0 Å². The largest absolute Gasteiger partial charge is 0.493 e. The molecule has 0 aliphatic rings. The van der Waals surface area contributed by atoms with Gasteiger partial charge in [-0.1, -0.05) is 25.5 Å². The van der Waals surface area contributed by atoms with E-state index in [-0.39, 0.29) is 12.6 Å². The first-order valence-electron chi connectivity index (χ1n) is 13.1. The van der Waals surface area contributed by atoms with Crippen molar-refractivity contribution in [2.75, 3.05) is 48.1 Å². The molecule has 0 aliphatic heterocycles. The minimum atomic E-state index is -0.598. The predicted octanol–water partition coefficient (Wildman–Crippen LogP) is 5.69. The summed E-state index contributed by atoms with van der Waals surface area (Å²) < 4.78 is 26.9. The van der Waals surface area contributed by atoms with Crippen LogP contribution in [0.1, 0.15) is 63.6 Å². The van der Waals surface area contributed by atoms with Gasteiger partial charge in [-0.15, -0.1) is 0 Å². The van der Waals surface area contributed by atoms with Crippen LogP contribution in [0.25, 0.3) is 0 Å². The molecule has 8 nitrogen and oxygen atoms in total. The number of rotatable bonds is 16. The molecule has 8 heteroatoms. The maximum Gasteiger partial charge on any atom is 0.344 e. The third kappa shape index (κ3) is 7.78. The molecule has 208 valence electrons. The lowest BCUT2D eigenvalue weighted by atomic mass is 9.74. The van der Waals surface area contributed by atoms with Crippen molar-refractivity contribution in [2.24, 2.45) is 0 Å². The molecule has 0 saturated carbocycles. The average Bonchev–Trinajstić information content (AvgIpc) is 2.94. The lowest BCUT2D eigenvalue weighted by Gasteiger charge is -2.30. The van der Waals surface area contributed by atoms with Gasteiger partial charge in [0, 0.05) is 6.04 Å². The van der Waals surface area contributed by atoms with Gasteiger partial charge in [-0.2, -0.15) is 5.26 Å². The van der Waals surface area contributed by atoms with Gasteiger partial charge in [-0.05, 0) is 82.1 Å². The molecule has 2 atom stereocenters. The Bertz CT molecular complexity index is 1080. The second kappa shape index (κ2) is 15.1. The van der Waals surface area contributed by atoms with Crippen molar-refractivity contribution in [1.82, 2.24) is 4.90 Å². The number of hydrogen-bond donors (Lipinski definition) is 0. The number of benzene rings is 2. The summed E-state index contributed by atoms with van der Waals surface area (Å²) in [5.74, 6) is 1.92. The zero-order valence-electron chi connectivity index (χ0n) is 23.8. The minimum Gasteiger partial charge on any atom is -0.493 e. The molecular formula is C30H42N2O6. The van der Waals surface area contributed by atoms with Gasteiger partial charge in [0.15, 0.2) is 29.6 Å². The van der Waals surface area contributed by atoms with Crippen LogP contribution >= 0.6 is 0 Å². The molecular weight excluding hydrogens is 484 g/mol. The zero-order valence-corrected chi connectivity index (χ0v) is 23.8. The minimum absolute atomic E-state index is 0.103. The van der Waals surface area contributed by atoms with Crippen molar-refractivity contribution in [2.45, 2.75) is 57.9 Å². The number of carbonyl (C=O) groups is 1. The summed E-state index contributed by atoms with van der Waals surface area (Å²) in [5, 5.41) is 10.3. The predicted molar refractivity (Wildman–Crippen MR) is 147 cm³/mol. The van der Waals surface area contributed by atoms with Crippen LogP contribution in [-0.4, -0.2) is 59.0 Å². The maximum absolute atomic E-state index is 11.6. The zero-order chi connectivity index (χ0) is 28.1. The summed E-state index contributed by atoms with van der Waals surface area (Å²) in [6.07, 6.45) is 3.25. The summed E-state index contributed by atoms with van der Waals surface area (Å²) in [5.41, 5.74) is 1.42. The van der Waals surface area contributed by atoms with Crippen LogP contribution in [0.2, 0.25) is 0 Å². The molecule has 2 unspecified atom stereocenters. The molecule has 38 heavy (non-hydrogen) atoms. The molecule has 2 aromatic rings. The summed E-state index contributed by atoms with van der Waals surface area (Å²) in [4.78, 5) is 13.9. The Morgan fingerprint density at radius 3 is 2.24 bits per heavy atom. The number of esters is 1.